The molecule has 0 radical (unpaired) electrons. The topological polar surface area (TPSA) is 120 Å². The average Bonchev–Trinajstić information content (AvgIpc) is 2.89. The van der Waals surface area contributed by atoms with Crippen LogP contribution in [0.4, 0.5) is 11.5 Å². The Labute approximate surface area is 209 Å². The fourth-order valence-electron chi connectivity index (χ4n) is 3.28. The van der Waals surface area contributed by atoms with Gasteiger partial charge in [-0.05, 0) is 48.0 Å². The molecule has 0 aliphatic carbocycles. The van der Waals surface area contributed by atoms with Gasteiger partial charge in [-0.1, -0.05) is 36.4 Å². The molecule has 1 heterocycles. The third kappa shape index (κ3) is 6.57. The largest absolute Gasteiger partial charge is 0.493 e. The van der Waals surface area contributed by atoms with Gasteiger partial charge in [0.25, 0.3) is 15.9 Å². The van der Waals surface area contributed by atoms with Gasteiger partial charge in [0.2, 0.25) is 5.88 Å². The lowest BCUT2D eigenvalue weighted by molar-refractivity contribution is 0.102. The Bertz CT molecular complexity index is 1430. The lowest BCUT2D eigenvalue weighted by Gasteiger charge is -2.10. The number of nitrogens with one attached hydrogen (secondary N) is 2. The highest BCUT2D eigenvalue weighted by atomic mass is 32.2. The molecule has 0 aliphatic rings. The maximum Gasteiger partial charge on any atom is 0.263 e. The van der Waals surface area contributed by atoms with Crippen molar-refractivity contribution < 1.29 is 22.7 Å². The number of sulfonamides is 1. The van der Waals surface area contributed by atoms with E-state index < -0.39 is 10.0 Å². The Morgan fingerprint density at radius 2 is 1.69 bits per heavy atom. The van der Waals surface area contributed by atoms with Crippen LogP contribution >= 0.6 is 0 Å². The van der Waals surface area contributed by atoms with Crippen molar-refractivity contribution >= 4 is 27.4 Å². The molecule has 184 valence electrons. The quantitative estimate of drug-likeness (QED) is 0.333. The molecule has 36 heavy (non-hydrogen) atoms. The van der Waals surface area contributed by atoms with E-state index in [2.05, 4.69) is 20.0 Å². The minimum absolute atomic E-state index is 0.00638. The van der Waals surface area contributed by atoms with Gasteiger partial charge in [0.1, 0.15) is 17.9 Å². The summed E-state index contributed by atoms with van der Waals surface area (Å²) in [6, 6.07) is 24.0. The van der Waals surface area contributed by atoms with E-state index >= 15 is 0 Å². The zero-order valence-corrected chi connectivity index (χ0v) is 20.2. The van der Waals surface area contributed by atoms with Crippen LogP contribution in [0.3, 0.4) is 0 Å². The number of aromatic nitrogens is 2. The van der Waals surface area contributed by atoms with Crippen molar-refractivity contribution in [2.24, 2.45) is 0 Å². The zero-order chi connectivity index (χ0) is 25.4. The Hall–Kier alpha value is -4.44. The Kier molecular flexibility index (Phi) is 7.76. The van der Waals surface area contributed by atoms with E-state index in [-0.39, 0.29) is 22.5 Å². The van der Waals surface area contributed by atoms with Gasteiger partial charge in [0.15, 0.2) is 0 Å². The van der Waals surface area contributed by atoms with Gasteiger partial charge in [-0.15, -0.1) is 0 Å². The number of carbonyl (C=O) groups excluding carboxylic acids is 1. The van der Waals surface area contributed by atoms with E-state index in [1.54, 1.807) is 24.3 Å². The summed E-state index contributed by atoms with van der Waals surface area (Å²) in [4.78, 5) is 20.5. The van der Waals surface area contributed by atoms with Crippen molar-refractivity contribution in [3.63, 3.8) is 0 Å². The smallest absolute Gasteiger partial charge is 0.263 e. The van der Waals surface area contributed by atoms with Crippen LogP contribution in [0.2, 0.25) is 0 Å². The van der Waals surface area contributed by atoms with Gasteiger partial charge >= 0.3 is 0 Å². The number of carbonyl (C=O) groups is 1. The zero-order valence-electron chi connectivity index (χ0n) is 19.4. The number of benzene rings is 3. The number of amides is 1. The highest BCUT2D eigenvalue weighted by Gasteiger charge is 2.16. The van der Waals surface area contributed by atoms with Crippen LogP contribution in [0.15, 0.2) is 96.2 Å². The van der Waals surface area contributed by atoms with Crippen molar-refractivity contribution in [1.29, 1.82) is 0 Å². The third-order valence-corrected chi connectivity index (χ3v) is 6.48. The summed E-state index contributed by atoms with van der Waals surface area (Å²) in [6.07, 6.45) is 1.95. The van der Waals surface area contributed by atoms with E-state index in [1.807, 2.05) is 30.3 Å². The number of rotatable bonds is 10. The number of nitrogens with zero attached hydrogens (tertiary/aromatic N) is 2. The maximum absolute atomic E-state index is 12.7. The molecule has 0 bridgehead atoms. The molecule has 3 aromatic carbocycles. The highest BCUT2D eigenvalue weighted by molar-refractivity contribution is 7.92. The first kappa shape index (κ1) is 24.7. The van der Waals surface area contributed by atoms with Crippen molar-refractivity contribution in [3.8, 4) is 11.6 Å². The molecule has 2 N–H and O–H groups in total. The molecule has 0 spiro atoms. The Morgan fingerprint density at radius 3 is 2.44 bits per heavy atom. The van der Waals surface area contributed by atoms with Crippen LogP contribution in [-0.2, 0) is 16.4 Å². The maximum atomic E-state index is 12.7. The first-order chi connectivity index (χ1) is 17.4. The molecule has 1 aromatic heterocycles. The predicted molar refractivity (Wildman–Crippen MR) is 136 cm³/mol. The third-order valence-electron chi connectivity index (χ3n) is 5.11. The fraction of sp³-hybridized carbons (Fsp3) is 0.115. The van der Waals surface area contributed by atoms with Crippen LogP contribution in [0.25, 0.3) is 0 Å². The number of methoxy groups -OCH3 is 1. The van der Waals surface area contributed by atoms with Gasteiger partial charge < -0.3 is 14.8 Å². The van der Waals surface area contributed by atoms with Crippen molar-refractivity contribution in [2.45, 2.75) is 11.3 Å². The summed E-state index contributed by atoms with van der Waals surface area (Å²) >= 11 is 0. The number of hydrogen-bond donors (Lipinski definition) is 2. The normalized spacial score (nSPS) is 10.9. The van der Waals surface area contributed by atoms with Gasteiger partial charge in [-0.3, -0.25) is 9.52 Å². The van der Waals surface area contributed by atoms with E-state index in [4.69, 9.17) is 9.47 Å². The molecule has 10 heteroatoms. The second-order valence-corrected chi connectivity index (χ2v) is 9.32. The summed E-state index contributed by atoms with van der Waals surface area (Å²) in [6.45, 7) is 0.487. The molecule has 9 nitrogen and oxygen atoms in total. The molecule has 4 rings (SSSR count). The highest BCUT2D eigenvalue weighted by Crippen LogP contribution is 2.20. The summed E-state index contributed by atoms with van der Waals surface area (Å²) in [5, 5.41) is 2.76. The van der Waals surface area contributed by atoms with Crippen LogP contribution in [0, 0.1) is 0 Å². The Morgan fingerprint density at radius 1 is 0.917 bits per heavy atom. The van der Waals surface area contributed by atoms with Gasteiger partial charge in [0, 0.05) is 23.7 Å². The molecular formula is C26H24N4O5S. The molecule has 0 unspecified atom stereocenters. The van der Waals surface area contributed by atoms with Crippen molar-refractivity contribution in [2.75, 3.05) is 23.8 Å². The number of ether oxygens (including phenoxy) is 2. The molecule has 1 amide bonds. The molecule has 0 aliphatic heterocycles. The van der Waals surface area contributed by atoms with E-state index in [0.29, 0.717) is 23.6 Å². The number of hydrogen-bond acceptors (Lipinski definition) is 7. The lowest BCUT2D eigenvalue weighted by Crippen LogP contribution is -2.15. The molecule has 0 fully saturated rings. The monoisotopic (exact) mass is 504 g/mol. The van der Waals surface area contributed by atoms with E-state index in [9.17, 15) is 13.2 Å². The van der Waals surface area contributed by atoms with Crippen LogP contribution in [0.5, 0.6) is 11.6 Å². The summed E-state index contributed by atoms with van der Waals surface area (Å²) < 4.78 is 38.5. The SMILES string of the molecule is COc1cc(NS(=O)(=O)c2ccc(NC(=O)c3cccc(OCCc4ccccc4)c3)cc2)ncn1. The van der Waals surface area contributed by atoms with Gasteiger partial charge in [-0.2, -0.15) is 0 Å². The molecular weight excluding hydrogens is 480 g/mol. The average molecular weight is 505 g/mol. The van der Waals surface area contributed by atoms with E-state index in [0.717, 1.165) is 6.42 Å². The standard InChI is InChI=1S/C26H24N4O5S/c1-34-25-17-24(27-18-28-25)30-36(32,33)23-12-10-21(11-13-23)29-26(31)20-8-5-9-22(16-20)35-15-14-19-6-3-2-4-7-19/h2-13,16-18H,14-15H2,1H3,(H,29,31)(H,27,28,30). The van der Waals surface area contributed by atoms with Gasteiger partial charge in [-0.25, -0.2) is 18.4 Å². The predicted octanol–water partition coefficient (Wildman–Crippen LogP) is 4.16. The van der Waals surface area contributed by atoms with Crippen molar-refractivity contribution in [3.05, 3.63) is 102 Å². The van der Waals surface area contributed by atoms with Crippen molar-refractivity contribution in [1.82, 2.24) is 9.97 Å². The molecule has 0 atom stereocenters. The first-order valence-electron chi connectivity index (χ1n) is 11.0. The molecule has 0 saturated carbocycles. The molecule has 4 aromatic rings. The van der Waals surface area contributed by atoms with Crippen LogP contribution in [-0.4, -0.2) is 38.0 Å². The van der Waals surface area contributed by atoms with Crippen LogP contribution in [0.1, 0.15) is 15.9 Å². The minimum atomic E-state index is -3.90. The second-order valence-electron chi connectivity index (χ2n) is 7.64. The van der Waals surface area contributed by atoms with Gasteiger partial charge in [0.05, 0.1) is 18.6 Å². The molecule has 0 saturated heterocycles. The first-order valence-corrected chi connectivity index (χ1v) is 12.5. The lowest BCUT2D eigenvalue weighted by atomic mass is 10.1. The minimum Gasteiger partial charge on any atom is -0.493 e. The second kappa shape index (κ2) is 11.3. The van der Waals surface area contributed by atoms with Crippen LogP contribution < -0.4 is 19.5 Å². The fourth-order valence-corrected chi connectivity index (χ4v) is 4.28. The Balaban J connectivity index is 1.36. The summed E-state index contributed by atoms with van der Waals surface area (Å²) in [5.74, 6) is 0.550. The van der Waals surface area contributed by atoms with E-state index in [1.165, 1.54) is 49.3 Å². The number of anilines is 2. The summed E-state index contributed by atoms with van der Waals surface area (Å²) in [5.41, 5.74) is 2.03. The summed E-state index contributed by atoms with van der Waals surface area (Å²) in [7, 11) is -2.48.